The summed E-state index contributed by atoms with van der Waals surface area (Å²) in [5, 5.41) is 0. The van der Waals surface area contributed by atoms with Gasteiger partial charge in [-0.25, -0.2) is 0 Å². The predicted octanol–water partition coefficient (Wildman–Crippen LogP) is 0.405. The second kappa shape index (κ2) is 2.96. The van der Waals surface area contributed by atoms with Crippen molar-refractivity contribution in [1.29, 1.82) is 0 Å². The van der Waals surface area contributed by atoms with Crippen LogP contribution in [0.5, 0.6) is 0 Å². The molecule has 0 saturated carbocycles. The van der Waals surface area contributed by atoms with Gasteiger partial charge < -0.3 is 10.5 Å². The lowest BCUT2D eigenvalue weighted by Crippen LogP contribution is -1.92. The van der Waals surface area contributed by atoms with Gasteiger partial charge in [-0.05, 0) is 12.1 Å². The van der Waals surface area contributed by atoms with Crippen LogP contribution < -0.4 is 5.73 Å². The number of pyridine rings is 1. The van der Waals surface area contributed by atoms with E-state index in [1.165, 1.54) is 0 Å². The fourth-order valence-electron chi connectivity index (χ4n) is 0.642. The van der Waals surface area contributed by atoms with E-state index in [4.69, 9.17) is 5.73 Å². The predicted molar refractivity (Wildman–Crippen MR) is 38.4 cm³/mol. The highest BCUT2D eigenvalue weighted by molar-refractivity contribution is 5.54. The Bertz CT molecular complexity index is 218. The zero-order chi connectivity index (χ0) is 7.40. The van der Waals surface area contributed by atoms with E-state index < -0.39 is 0 Å². The summed E-state index contributed by atoms with van der Waals surface area (Å²) in [6.45, 7) is 0. The number of nitrogen functional groups attached to an aromatic ring is 1. The highest BCUT2D eigenvalue weighted by atomic mass is 16.1. The number of anilines is 1. The van der Waals surface area contributed by atoms with E-state index in [0.29, 0.717) is 12.1 Å². The van der Waals surface area contributed by atoms with Gasteiger partial charge in [0.15, 0.2) is 0 Å². The molecule has 0 bridgehead atoms. The molecule has 3 nitrogen and oxygen atoms in total. The van der Waals surface area contributed by atoms with Gasteiger partial charge in [-0.3, -0.25) is 4.98 Å². The summed E-state index contributed by atoms with van der Waals surface area (Å²) in [7, 11) is 0. The van der Waals surface area contributed by atoms with Gasteiger partial charge in [-0.15, -0.1) is 0 Å². The molecule has 0 fully saturated rings. The largest absolute Gasteiger partial charge is 0.397 e. The minimum Gasteiger partial charge on any atom is -0.397 e. The topological polar surface area (TPSA) is 56.0 Å². The number of rotatable bonds is 2. The van der Waals surface area contributed by atoms with Crippen LogP contribution in [-0.4, -0.2) is 11.3 Å². The Hall–Kier alpha value is -1.38. The number of aldehydes is 1. The summed E-state index contributed by atoms with van der Waals surface area (Å²) in [6, 6.07) is 3.47. The van der Waals surface area contributed by atoms with Crippen molar-refractivity contribution in [2.75, 3.05) is 5.73 Å². The van der Waals surface area contributed by atoms with Crippen LogP contribution in [0.15, 0.2) is 18.3 Å². The molecular formula is C7H8N2O. The molecule has 10 heavy (non-hydrogen) atoms. The highest BCUT2D eigenvalue weighted by Crippen LogP contribution is 1.99. The summed E-state index contributed by atoms with van der Waals surface area (Å²) in [5.74, 6) is 0. The van der Waals surface area contributed by atoms with E-state index in [2.05, 4.69) is 4.98 Å². The maximum Gasteiger partial charge on any atom is 0.125 e. The first kappa shape index (κ1) is 6.74. The molecule has 0 aliphatic heterocycles. The van der Waals surface area contributed by atoms with Crippen LogP contribution in [0, 0.1) is 0 Å². The molecule has 0 atom stereocenters. The average molecular weight is 136 g/mol. The van der Waals surface area contributed by atoms with Crippen LogP contribution in [0.2, 0.25) is 0 Å². The van der Waals surface area contributed by atoms with E-state index in [9.17, 15) is 4.79 Å². The minimum absolute atomic E-state index is 0.361. The molecule has 1 aromatic heterocycles. The molecule has 1 heterocycles. The fraction of sp³-hybridized carbons (Fsp3) is 0.143. The van der Waals surface area contributed by atoms with Crippen molar-refractivity contribution < 1.29 is 4.79 Å². The van der Waals surface area contributed by atoms with Crippen LogP contribution in [0.1, 0.15) is 5.69 Å². The molecule has 0 aromatic carbocycles. The third-order valence-electron chi connectivity index (χ3n) is 1.14. The Balaban J connectivity index is 2.78. The van der Waals surface area contributed by atoms with Gasteiger partial charge in [-0.2, -0.15) is 0 Å². The molecule has 3 heteroatoms. The summed E-state index contributed by atoms with van der Waals surface area (Å²) in [6.07, 6.45) is 2.72. The molecule has 0 saturated heterocycles. The standard InChI is InChI=1S/C7H8N2O/c8-6-1-2-7(3-4-10)9-5-6/h1-2,4-5H,3,8H2. The number of carbonyl (C=O) groups is 1. The van der Waals surface area contributed by atoms with Crippen molar-refractivity contribution in [3.63, 3.8) is 0 Å². The minimum atomic E-state index is 0.361. The molecular weight excluding hydrogens is 128 g/mol. The van der Waals surface area contributed by atoms with Crippen LogP contribution >= 0.6 is 0 Å². The number of hydrogen-bond donors (Lipinski definition) is 1. The molecule has 1 aromatic rings. The Labute approximate surface area is 58.9 Å². The molecule has 0 spiro atoms. The lowest BCUT2D eigenvalue weighted by Gasteiger charge is -1.93. The number of nitrogens with zero attached hydrogens (tertiary/aromatic N) is 1. The summed E-state index contributed by atoms with van der Waals surface area (Å²) >= 11 is 0. The van der Waals surface area contributed by atoms with Crippen molar-refractivity contribution >= 4 is 12.0 Å². The number of nitrogens with two attached hydrogens (primary N) is 1. The van der Waals surface area contributed by atoms with Crippen LogP contribution in [0.25, 0.3) is 0 Å². The molecule has 52 valence electrons. The molecule has 2 N–H and O–H groups in total. The first-order valence-electron chi connectivity index (χ1n) is 2.97. The van der Waals surface area contributed by atoms with Crippen LogP contribution in [0.4, 0.5) is 5.69 Å². The molecule has 0 radical (unpaired) electrons. The van der Waals surface area contributed by atoms with Gasteiger partial charge in [0.25, 0.3) is 0 Å². The lowest BCUT2D eigenvalue weighted by atomic mass is 10.3. The second-order valence-corrected chi connectivity index (χ2v) is 1.95. The Morgan fingerprint density at radius 3 is 2.90 bits per heavy atom. The van der Waals surface area contributed by atoms with Crippen molar-refractivity contribution in [2.24, 2.45) is 0 Å². The third-order valence-corrected chi connectivity index (χ3v) is 1.14. The van der Waals surface area contributed by atoms with Crippen LogP contribution in [-0.2, 0) is 11.2 Å². The van der Waals surface area contributed by atoms with Gasteiger partial charge in [0.1, 0.15) is 6.29 Å². The van der Waals surface area contributed by atoms with E-state index in [0.717, 1.165) is 12.0 Å². The normalized spacial score (nSPS) is 9.20. The molecule has 1 rings (SSSR count). The smallest absolute Gasteiger partial charge is 0.125 e. The van der Waals surface area contributed by atoms with Crippen LogP contribution in [0.3, 0.4) is 0 Å². The quantitative estimate of drug-likeness (QED) is 0.599. The maximum atomic E-state index is 9.99. The maximum absolute atomic E-state index is 9.99. The Morgan fingerprint density at radius 1 is 1.60 bits per heavy atom. The molecule has 0 aliphatic carbocycles. The molecule has 0 aliphatic rings. The summed E-state index contributed by atoms with van der Waals surface area (Å²) in [4.78, 5) is 13.9. The van der Waals surface area contributed by atoms with Gasteiger partial charge in [0.2, 0.25) is 0 Å². The highest BCUT2D eigenvalue weighted by Gasteiger charge is 1.90. The van der Waals surface area contributed by atoms with Crippen molar-refractivity contribution in [1.82, 2.24) is 4.98 Å². The molecule has 0 unspecified atom stereocenters. The zero-order valence-corrected chi connectivity index (χ0v) is 5.45. The third kappa shape index (κ3) is 1.55. The van der Waals surface area contributed by atoms with Gasteiger partial charge in [0, 0.05) is 12.1 Å². The van der Waals surface area contributed by atoms with Crippen molar-refractivity contribution in [3.05, 3.63) is 24.0 Å². The van der Waals surface area contributed by atoms with Gasteiger partial charge >= 0.3 is 0 Å². The fourth-order valence-corrected chi connectivity index (χ4v) is 0.642. The van der Waals surface area contributed by atoms with Gasteiger partial charge in [-0.1, -0.05) is 0 Å². The van der Waals surface area contributed by atoms with E-state index in [1.54, 1.807) is 18.3 Å². The Kier molecular flexibility index (Phi) is 1.99. The van der Waals surface area contributed by atoms with E-state index in [1.807, 2.05) is 0 Å². The first-order chi connectivity index (χ1) is 4.83. The van der Waals surface area contributed by atoms with E-state index >= 15 is 0 Å². The number of carbonyl (C=O) groups excluding carboxylic acids is 1. The number of aromatic nitrogens is 1. The van der Waals surface area contributed by atoms with E-state index in [-0.39, 0.29) is 0 Å². The lowest BCUT2D eigenvalue weighted by molar-refractivity contribution is -0.107. The van der Waals surface area contributed by atoms with Crippen molar-refractivity contribution in [3.8, 4) is 0 Å². The van der Waals surface area contributed by atoms with Crippen molar-refractivity contribution in [2.45, 2.75) is 6.42 Å². The summed E-state index contributed by atoms with van der Waals surface area (Å²) in [5.41, 5.74) is 6.75. The monoisotopic (exact) mass is 136 g/mol. The zero-order valence-electron chi connectivity index (χ0n) is 5.45. The second-order valence-electron chi connectivity index (χ2n) is 1.95. The first-order valence-corrected chi connectivity index (χ1v) is 2.97. The molecule has 0 amide bonds. The average Bonchev–Trinajstić information content (AvgIpc) is 1.95. The number of hydrogen-bond acceptors (Lipinski definition) is 3. The SMILES string of the molecule is Nc1ccc(CC=O)nc1. The van der Waals surface area contributed by atoms with Gasteiger partial charge in [0.05, 0.1) is 11.9 Å². The Morgan fingerprint density at radius 2 is 2.40 bits per heavy atom. The summed E-state index contributed by atoms with van der Waals surface area (Å²) < 4.78 is 0.